The molecule has 0 heteroatoms. The van der Waals surface area contributed by atoms with E-state index in [0.29, 0.717) is 0 Å². The zero-order chi connectivity index (χ0) is 18.6. The summed E-state index contributed by atoms with van der Waals surface area (Å²) in [5.74, 6) is 6.20. The normalized spacial score (nSPS) is 37.0. The van der Waals surface area contributed by atoms with E-state index in [9.17, 15) is 0 Å². The summed E-state index contributed by atoms with van der Waals surface area (Å²) in [7, 11) is 0. The number of fused-ring (bicyclic) bond motifs is 1. The molecule has 4 atom stereocenters. The second-order valence-corrected chi connectivity index (χ2v) is 10.3. The van der Waals surface area contributed by atoms with E-state index in [4.69, 9.17) is 0 Å². The van der Waals surface area contributed by atoms with Gasteiger partial charge in [-0.3, -0.25) is 0 Å². The van der Waals surface area contributed by atoms with Crippen LogP contribution in [0.5, 0.6) is 0 Å². The van der Waals surface area contributed by atoms with Crippen molar-refractivity contribution in [2.75, 3.05) is 0 Å². The first-order valence-corrected chi connectivity index (χ1v) is 12.4. The molecule has 4 rings (SSSR count). The van der Waals surface area contributed by atoms with Gasteiger partial charge in [0, 0.05) is 0 Å². The van der Waals surface area contributed by atoms with Crippen LogP contribution in [0.15, 0.2) is 24.3 Å². The van der Waals surface area contributed by atoms with Crippen LogP contribution >= 0.6 is 0 Å². The number of rotatable bonds is 5. The van der Waals surface area contributed by atoms with Gasteiger partial charge in [-0.25, -0.2) is 0 Å². The van der Waals surface area contributed by atoms with Crippen molar-refractivity contribution in [2.24, 2.45) is 29.6 Å². The summed E-state index contributed by atoms with van der Waals surface area (Å²) in [6.45, 7) is 4.69. The van der Waals surface area contributed by atoms with E-state index in [2.05, 4.69) is 38.1 Å². The SMILES string of the molecule is CCCc1ccc(C2CCC(C3CCC4CC(CC)CCC4C3)CC2)cc1. The number of aryl methyl sites for hydroxylation is 1. The van der Waals surface area contributed by atoms with Gasteiger partial charge in [0.05, 0.1) is 0 Å². The molecule has 0 spiro atoms. The number of hydrogen-bond acceptors (Lipinski definition) is 0. The van der Waals surface area contributed by atoms with Crippen molar-refractivity contribution in [3.05, 3.63) is 35.4 Å². The summed E-state index contributed by atoms with van der Waals surface area (Å²) in [4.78, 5) is 0. The van der Waals surface area contributed by atoms with Crippen LogP contribution in [0.25, 0.3) is 0 Å². The molecule has 0 saturated heterocycles. The largest absolute Gasteiger partial charge is 0.0651 e. The molecule has 0 aliphatic heterocycles. The first-order chi connectivity index (χ1) is 13.3. The minimum absolute atomic E-state index is 0.841. The van der Waals surface area contributed by atoms with E-state index in [-0.39, 0.29) is 0 Å². The summed E-state index contributed by atoms with van der Waals surface area (Å²) >= 11 is 0. The van der Waals surface area contributed by atoms with Crippen molar-refractivity contribution < 1.29 is 0 Å². The molecule has 3 aliphatic carbocycles. The second kappa shape index (κ2) is 9.15. The van der Waals surface area contributed by atoms with Gasteiger partial charge in [0.2, 0.25) is 0 Å². The molecule has 3 fully saturated rings. The maximum Gasteiger partial charge on any atom is -0.0162 e. The molecule has 0 aromatic heterocycles. The first kappa shape index (κ1) is 19.5. The molecular formula is C27H42. The highest BCUT2D eigenvalue weighted by molar-refractivity contribution is 5.26. The summed E-state index contributed by atoms with van der Waals surface area (Å²) < 4.78 is 0. The highest BCUT2D eigenvalue weighted by atomic mass is 14.4. The molecule has 1 aromatic carbocycles. The van der Waals surface area contributed by atoms with Crippen LogP contribution in [0.2, 0.25) is 0 Å². The Hall–Kier alpha value is -0.780. The lowest BCUT2D eigenvalue weighted by Gasteiger charge is -2.45. The Balaban J connectivity index is 1.27. The van der Waals surface area contributed by atoms with Crippen molar-refractivity contribution in [3.8, 4) is 0 Å². The van der Waals surface area contributed by atoms with E-state index < -0.39 is 0 Å². The Kier molecular flexibility index (Phi) is 6.62. The van der Waals surface area contributed by atoms with E-state index in [1.54, 1.807) is 37.7 Å². The Bertz CT molecular complexity index is 562. The van der Waals surface area contributed by atoms with Crippen LogP contribution < -0.4 is 0 Å². The zero-order valence-corrected chi connectivity index (χ0v) is 18.0. The monoisotopic (exact) mass is 366 g/mol. The Morgan fingerprint density at radius 2 is 1.26 bits per heavy atom. The number of hydrogen-bond donors (Lipinski definition) is 0. The smallest absolute Gasteiger partial charge is 0.0162 e. The summed E-state index contributed by atoms with van der Waals surface area (Å²) in [5, 5.41) is 0. The van der Waals surface area contributed by atoms with Gasteiger partial charge in [0.25, 0.3) is 0 Å². The van der Waals surface area contributed by atoms with Gasteiger partial charge >= 0.3 is 0 Å². The van der Waals surface area contributed by atoms with Gasteiger partial charge in [0.1, 0.15) is 0 Å². The van der Waals surface area contributed by atoms with E-state index in [1.165, 1.54) is 56.9 Å². The van der Waals surface area contributed by atoms with Crippen LogP contribution in [-0.2, 0) is 6.42 Å². The molecule has 0 nitrogen and oxygen atoms in total. The second-order valence-electron chi connectivity index (χ2n) is 10.3. The van der Waals surface area contributed by atoms with E-state index in [1.807, 2.05) is 0 Å². The van der Waals surface area contributed by atoms with E-state index in [0.717, 1.165) is 35.5 Å². The van der Waals surface area contributed by atoms with Crippen molar-refractivity contribution in [1.29, 1.82) is 0 Å². The molecule has 0 heterocycles. The lowest BCUT2D eigenvalue weighted by atomic mass is 9.60. The van der Waals surface area contributed by atoms with Crippen molar-refractivity contribution in [1.82, 2.24) is 0 Å². The molecule has 27 heavy (non-hydrogen) atoms. The summed E-state index contributed by atoms with van der Waals surface area (Å²) in [6, 6.07) is 9.65. The molecule has 3 aliphatic rings. The molecule has 150 valence electrons. The summed E-state index contributed by atoms with van der Waals surface area (Å²) in [5.41, 5.74) is 3.14. The van der Waals surface area contributed by atoms with E-state index >= 15 is 0 Å². The van der Waals surface area contributed by atoms with Crippen LogP contribution in [0.4, 0.5) is 0 Å². The fourth-order valence-corrected chi connectivity index (χ4v) is 6.99. The fourth-order valence-electron chi connectivity index (χ4n) is 6.99. The minimum Gasteiger partial charge on any atom is -0.0651 e. The van der Waals surface area contributed by atoms with Crippen molar-refractivity contribution in [2.45, 2.75) is 103 Å². The molecule has 3 saturated carbocycles. The molecular weight excluding hydrogens is 324 g/mol. The van der Waals surface area contributed by atoms with Crippen LogP contribution in [-0.4, -0.2) is 0 Å². The highest BCUT2D eigenvalue weighted by Gasteiger charge is 2.38. The van der Waals surface area contributed by atoms with Crippen molar-refractivity contribution in [3.63, 3.8) is 0 Å². The van der Waals surface area contributed by atoms with Gasteiger partial charge in [0.15, 0.2) is 0 Å². The average Bonchev–Trinajstić information content (AvgIpc) is 2.74. The van der Waals surface area contributed by atoms with Gasteiger partial charge < -0.3 is 0 Å². The van der Waals surface area contributed by atoms with Crippen LogP contribution in [0.3, 0.4) is 0 Å². The Morgan fingerprint density at radius 3 is 1.93 bits per heavy atom. The third kappa shape index (κ3) is 4.63. The van der Waals surface area contributed by atoms with Crippen LogP contribution in [0.1, 0.15) is 108 Å². The van der Waals surface area contributed by atoms with Gasteiger partial charge in [-0.1, -0.05) is 57.4 Å². The Labute approximate surface area is 168 Å². The predicted octanol–water partition coefficient (Wildman–Crippen LogP) is 8.16. The predicted molar refractivity (Wildman–Crippen MR) is 117 cm³/mol. The van der Waals surface area contributed by atoms with Crippen molar-refractivity contribution >= 4 is 0 Å². The van der Waals surface area contributed by atoms with Gasteiger partial charge in [-0.15, -0.1) is 0 Å². The minimum atomic E-state index is 0.841. The first-order valence-electron chi connectivity index (χ1n) is 12.4. The molecule has 1 aromatic rings. The maximum atomic E-state index is 2.44. The van der Waals surface area contributed by atoms with Gasteiger partial charge in [-0.05, 0) is 111 Å². The molecule has 0 amide bonds. The number of benzene rings is 1. The zero-order valence-electron chi connectivity index (χ0n) is 18.0. The third-order valence-electron chi connectivity index (χ3n) is 8.77. The van der Waals surface area contributed by atoms with Gasteiger partial charge in [-0.2, -0.15) is 0 Å². The topological polar surface area (TPSA) is 0 Å². The molecule has 0 bridgehead atoms. The Morgan fingerprint density at radius 1 is 0.667 bits per heavy atom. The highest BCUT2D eigenvalue weighted by Crippen LogP contribution is 2.50. The average molecular weight is 367 g/mol. The van der Waals surface area contributed by atoms with Crippen LogP contribution in [0, 0.1) is 29.6 Å². The fraction of sp³-hybridized carbons (Fsp3) is 0.778. The quantitative estimate of drug-likeness (QED) is 0.493. The third-order valence-corrected chi connectivity index (χ3v) is 8.77. The lowest BCUT2D eigenvalue weighted by Crippen LogP contribution is -2.34. The lowest BCUT2D eigenvalue weighted by molar-refractivity contribution is 0.0629. The molecule has 0 radical (unpaired) electrons. The molecule has 4 unspecified atom stereocenters. The standard InChI is InChI=1S/C27H42/c1-3-5-21-7-9-22(10-8-21)23-12-14-24(15-13-23)26-17-16-25-18-20(4-2)6-11-27(25)19-26/h7-10,20,23-27H,3-6,11-19H2,1-2H3. The maximum absolute atomic E-state index is 2.44. The molecule has 0 N–H and O–H groups in total. The summed E-state index contributed by atoms with van der Waals surface area (Å²) in [6.07, 6.45) is 19.2.